The minimum Gasteiger partial charge on any atom is -0.322 e. The fourth-order valence-corrected chi connectivity index (χ4v) is 2.93. The minimum atomic E-state index is -0.543. The number of nitrogens with zero attached hydrogens (tertiary/aromatic N) is 1. The van der Waals surface area contributed by atoms with E-state index >= 15 is 0 Å². The van der Waals surface area contributed by atoms with E-state index in [1.807, 2.05) is 38.1 Å². The number of carbonyl (C=O) groups excluding carboxylic acids is 2. The summed E-state index contributed by atoms with van der Waals surface area (Å²) in [4.78, 5) is 29.9. The summed E-state index contributed by atoms with van der Waals surface area (Å²) >= 11 is 6.12. The van der Waals surface area contributed by atoms with E-state index in [1.165, 1.54) is 6.08 Å². The van der Waals surface area contributed by atoms with Gasteiger partial charge in [0.05, 0.1) is 0 Å². The lowest BCUT2D eigenvalue weighted by molar-refractivity contribution is -0.118. The second-order valence-corrected chi connectivity index (χ2v) is 6.89. The van der Waals surface area contributed by atoms with Crippen LogP contribution in [0.3, 0.4) is 0 Å². The van der Waals surface area contributed by atoms with Gasteiger partial charge in [-0.25, -0.2) is 4.98 Å². The van der Waals surface area contributed by atoms with Crippen LogP contribution in [0.2, 0.25) is 5.15 Å². The Morgan fingerprint density at radius 2 is 1.66 bits per heavy atom. The molecule has 2 amide bonds. The van der Waals surface area contributed by atoms with E-state index in [2.05, 4.69) is 15.6 Å². The second kappa shape index (κ2) is 9.17. The molecular formula is C23H20ClN3O2. The third-order valence-electron chi connectivity index (χ3n) is 4.24. The lowest BCUT2D eigenvalue weighted by atomic mass is 10.1. The first-order valence-corrected chi connectivity index (χ1v) is 9.39. The van der Waals surface area contributed by atoms with Crippen molar-refractivity contribution in [1.82, 2.24) is 4.98 Å². The van der Waals surface area contributed by atoms with Gasteiger partial charge < -0.3 is 10.6 Å². The summed E-state index contributed by atoms with van der Waals surface area (Å²) in [5, 5.41) is 5.76. The number of halogens is 1. The van der Waals surface area contributed by atoms with E-state index in [4.69, 9.17) is 11.6 Å². The number of aromatic nitrogens is 1. The Kier molecular flexibility index (Phi) is 6.42. The Morgan fingerprint density at radius 1 is 0.931 bits per heavy atom. The standard InChI is InChI=1S/C23H20ClN3O2/c1-15-10-11-20(16(2)13-15)27-23(29)19(14-17-7-6-12-25-21(17)24)22(28)26-18-8-4-3-5-9-18/h3-14H,1-2H3,(H,26,28)(H,27,29). The number of amides is 2. The van der Waals surface area contributed by atoms with Crippen molar-refractivity contribution in [2.24, 2.45) is 0 Å². The number of para-hydroxylation sites is 1. The molecule has 3 rings (SSSR count). The maximum atomic E-state index is 13.0. The first-order chi connectivity index (χ1) is 13.9. The van der Waals surface area contributed by atoms with E-state index in [-0.39, 0.29) is 10.7 Å². The highest BCUT2D eigenvalue weighted by Gasteiger charge is 2.20. The summed E-state index contributed by atoms with van der Waals surface area (Å²) < 4.78 is 0. The first-order valence-electron chi connectivity index (χ1n) is 9.01. The molecule has 0 spiro atoms. The summed E-state index contributed by atoms with van der Waals surface area (Å²) in [5.41, 5.74) is 3.60. The number of hydrogen-bond acceptors (Lipinski definition) is 3. The molecule has 0 fully saturated rings. The van der Waals surface area contributed by atoms with E-state index in [9.17, 15) is 9.59 Å². The molecule has 6 heteroatoms. The van der Waals surface area contributed by atoms with Crippen LogP contribution in [0.4, 0.5) is 11.4 Å². The number of carbonyl (C=O) groups is 2. The smallest absolute Gasteiger partial charge is 0.261 e. The van der Waals surface area contributed by atoms with Crippen LogP contribution in [0.25, 0.3) is 6.08 Å². The van der Waals surface area contributed by atoms with E-state index in [1.54, 1.807) is 42.6 Å². The maximum absolute atomic E-state index is 13.0. The average molecular weight is 406 g/mol. The molecule has 1 aromatic heterocycles. The minimum absolute atomic E-state index is 0.0799. The Balaban J connectivity index is 1.94. The molecule has 0 saturated carbocycles. The zero-order chi connectivity index (χ0) is 20.8. The number of anilines is 2. The van der Waals surface area contributed by atoms with Crippen molar-refractivity contribution in [1.29, 1.82) is 0 Å². The molecule has 0 atom stereocenters. The molecule has 146 valence electrons. The highest BCUT2D eigenvalue weighted by Crippen LogP contribution is 2.20. The summed E-state index contributed by atoms with van der Waals surface area (Å²) in [5.74, 6) is -1.08. The Labute approximate surface area is 174 Å². The van der Waals surface area contributed by atoms with E-state index < -0.39 is 11.8 Å². The zero-order valence-electron chi connectivity index (χ0n) is 16.1. The molecule has 0 aliphatic heterocycles. The Hall–Kier alpha value is -3.44. The zero-order valence-corrected chi connectivity index (χ0v) is 16.8. The van der Waals surface area contributed by atoms with E-state index in [0.29, 0.717) is 16.9 Å². The van der Waals surface area contributed by atoms with Crippen molar-refractivity contribution >= 4 is 40.9 Å². The molecule has 2 aromatic carbocycles. The van der Waals surface area contributed by atoms with Gasteiger partial charge in [-0.05, 0) is 49.8 Å². The summed E-state index contributed by atoms with van der Waals surface area (Å²) in [6, 6.07) is 18.0. The molecule has 0 aliphatic carbocycles. The lowest BCUT2D eigenvalue weighted by Gasteiger charge is -2.12. The van der Waals surface area contributed by atoms with Gasteiger partial charge in [-0.3, -0.25) is 9.59 Å². The fraction of sp³-hybridized carbons (Fsp3) is 0.0870. The highest BCUT2D eigenvalue weighted by molar-refractivity contribution is 6.32. The van der Waals surface area contributed by atoms with Crippen molar-refractivity contribution in [3.63, 3.8) is 0 Å². The van der Waals surface area contributed by atoms with Crippen molar-refractivity contribution in [2.45, 2.75) is 13.8 Å². The summed E-state index contributed by atoms with van der Waals surface area (Å²) in [6.45, 7) is 3.87. The van der Waals surface area contributed by atoms with Crippen molar-refractivity contribution < 1.29 is 9.59 Å². The van der Waals surface area contributed by atoms with Gasteiger partial charge in [0, 0.05) is 23.1 Å². The third-order valence-corrected chi connectivity index (χ3v) is 4.55. The van der Waals surface area contributed by atoms with Crippen molar-refractivity contribution in [2.75, 3.05) is 10.6 Å². The molecule has 0 bridgehead atoms. The van der Waals surface area contributed by atoms with Crippen LogP contribution in [0, 0.1) is 13.8 Å². The average Bonchev–Trinajstić information content (AvgIpc) is 2.70. The van der Waals surface area contributed by atoms with Crippen LogP contribution in [-0.2, 0) is 9.59 Å². The van der Waals surface area contributed by atoms with Gasteiger partial charge in [0.2, 0.25) is 0 Å². The number of nitrogens with one attached hydrogen (secondary N) is 2. The maximum Gasteiger partial charge on any atom is 0.261 e. The molecule has 0 unspecified atom stereocenters. The number of hydrogen-bond donors (Lipinski definition) is 2. The van der Waals surface area contributed by atoms with Gasteiger partial charge in [0.15, 0.2) is 0 Å². The Bertz CT molecular complexity index is 1080. The van der Waals surface area contributed by atoms with E-state index in [0.717, 1.165) is 11.1 Å². The van der Waals surface area contributed by atoms with Gasteiger partial charge in [-0.15, -0.1) is 0 Å². The van der Waals surface area contributed by atoms with Crippen LogP contribution in [0.15, 0.2) is 72.4 Å². The quantitative estimate of drug-likeness (QED) is 0.271. The molecule has 0 radical (unpaired) electrons. The predicted molar refractivity (Wildman–Crippen MR) is 117 cm³/mol. The molecule has 3 aromatic rings. The van der Waals surface area contributed by atoms with Gasteiger partial charge in [-0.2, -0.15) is 0 Å². The molecule has 5 nitrogen and oxygen atoms in total. The van der Waals surface area contributed by atoms with Gasteiger partial charge in [0.1, 0.15) is 10.7 Å². The van der Waals surface area contributed by atoms with Gasteiger partial charge in [0.25, 0.3) is 11.8 Å². The molecular weight excluding hydrogens is 386 g/mol. The van der Waals surface area contributed by atoms with Gasteiger partial charge >= 0.3 is 0 Å². The van der Waals surface area contributed by atoms with Gasteiger partial charge in [-0.1, -0.05) is 53.6 Å². The highest BCUT2D eigenvalue weighted by atomic mass is 35.5. The molecule has 2 N–H and O–H groups in total. The summed E-state index contributed by atoms with van der Waals surface area (Å²) in [7, 11) is 0. The van der Waals surface area contributed by atoms with Crippen LogP contribution in [-0.4, -0.2) is 16.8 Å². The van der Waals surface area contributed by atoms with Crippen LogP contribution in [0.5, 0.6) is 0 Å². The van der Waals surface area contributed by atoms with Crippen molar-refractivity contribution in [3.8, 4) is 0 Å². The molecule has 1 heterocycles. The van der Waals surface area contributed by atoms with Crippen LogP contribution >= 0.6 is 11.6 Å². The Morgan fingerprint density at radius 3 is 2.34 bits per heavy atom. The van der Waals surface area contributed by atoms with Crippen molar-refractivity contribution in [3.05, 3.63) is 94.3 Å². The number of aryl methyl sites for hydroxylation is 2. The lowest BCUT2D eigenvalue weighted by Crippen LogP contribution is -2.25. The second-order valence-electron chi connectivity index (χ2n) is 6.53. The summed E-state index contributed by atoms with van der Waals surface area (Å²) in [6.07, 6.45) is 2.98. The monoisotopic (exact) mass is 405 g/mol. The SMILES string of the molecule is Cc1ccc(NC(=O)C(=Cc2cccnc2Cl)C(=O)Nc2ccccc2)c(C)c1. The predicted octanol–water partition coefficient (Wildman–Crippen LogP) is 5.01. The molecule has 0 saturated heterocycles. The number of rotatable bonds is 5. The topological polar surface area (TPSA) is 71.1 Å². The normalized spacial score (nSPS) is 11.1. The number of pyridine rings is 1. The van der Waals surface area contributed by atoms with Crippen LogP contribution in [0.1, 0.15) is 16.7 Å². The largest absolute Gasteiger partial charge is 0.322 e. The molecule has 29 heavy (non-hydrogen) atoms. The molecule has 0 aliphatic rings. The van der Waals surface area contributed by atoms with Crippen LogP contribution < -0.4 is 10.6 Å². The third kappa shape index (κ3) is 5.30. The number of benzene rings is 2. The first kappa shape index (κ1) is 20.3. The fourth-order valence-electron chi connectivity index (χ4n) is 2.76.